The normalized spacial score (nSPS) is 15.0. The molecule has 2 aliphatic carbocycles. The van der Waals surface area contributed by atoms with Crippen molar-refractivity contribution in [3.63, 3.8) is 0 Å². The molecule has 48 heavy (non-hydrogen) atoms. The first-order valence-corrected chi connectivity index (χ1v) is 17.3. The Bertz CT molecular complexity index is 1920. The average molecular weight is 624 g/mol. The Labute approximate surface area is 287 Å². The Balaban J connectivity index is 1.19. The Morgan fingerprint density at radius 2 is 1.42 bits per heavy atom. The summed E-state index contributed by atoms with van der Waals surface area (Å²) in [6, 6.07) is 37.6. The molecule has 6 rings (SSSR count). The van der Waals surface area contributed by atoms with Crippen LogP contribution in [0.1, 0.15) is 72.9 Å². The van der Waals surface area contributed by atoms with Crippen molar-refractivity contribution in [2.75, 3.05) is 4.90 Å². The van der Waals surface area contributed by atoms with Crippen LogP contribution in [0.2, 0.25) is 0 Å². The fraction of sp³-hybridized carbons (Fsp3) is 0.149. The molecule has 0 amide bonds. The Hall–Kier alpha value is -5.40. The van der Waals surface area contributed by atoms with E-state index in [1.165, 1.54) is 61.6 Å². The van der Waals surface area contributed by atoms with Gasteiger partial charge in [0.15, 0.2) is 0 Å². The van der Waals surface area contributed by atoms with Crippen LogP contribution in [0.4, 0.5) is 5.69 Å². The zero-order chi connectivity index (χ0) is 33.0. The van der Waals surface area contributed by atoms with E-state index in [-0.39, 0.29) is 0 Å². The first-order chi connectivity index (χ1) is 23.7. The number of allylic oxidation sites excluding steroid dienone is 11. The third-order valence-electron chi connectivity index (χ3n) is 8.87. The van der Waals surface area contributed by atoms with E-state index in [1.54, 1.807) is 0 Å². The number of hydrogen-bond donors (Lipinski definition) is 0. The molecular weight excluding hydrogens is 579 g/mol. The highest BCUT2D eigenvalue weighted by atomic mass is 15.1. The molecular formula is C47H45N. The van der Waals surface area contributed by atoms with Gasteiger partial charge in [0.1, 0.15) is 0 Å². The summed E-state index contributed by atoms with van der Waals surface area (Å²) in [4.78, 5) is 2.36. The lowest BCUT2D eigenvalue weighted by Gasteiger charge is -2.28. The van der Waals surface area contributed by atoms with Crippen molar-refractivity contribution < 1.29 is 0 Å². The molecule has 0 aromatic heterocycles. The van der Waals surface area contributed by atoms with E-state index in [0.29, 0.717) is 0 Å². The minimum atomic E-state index is 0.883. The Morgan fingerprint density at radius 1 is 0.708 bits per heavy atom. The maximum Gasteiger partial charge on any atom is 0.0461 e. The summed E-state index contributed by atoms with van der Waals surface area (Å²) in [6.45, 7) is 4.35. The van der Waals surface area contributed by atoms with Crippen molar-refractivity contribution in [3.05, 3.63) is 214 Å². The van der Waals surface area contributed by atoms with Crippen LogP contribution in [0.3, 0.4) is 0 Å². The minimum Gasteiger partial charge on any atom is -0.311 e. The SMILES string of the molecule is C/C=C\C(CC)=C(/c1ccccc1)c1ccccc1Cc1ccc(/C=C/c2ccc(N(C3=CC=CCC=C3)C3=CCCC=C3)cc2)cc1. The topological polar surface area (TPSA) is 3.24 Å². The summed E-state index contributed by atoms with van der Waals surface area (Å²) in [6.07, 6.45) is 31.7. The van der Waals surface area contributed by atoms with Crippen molar-refractivity contribution in [2.45, 2.75) is 46.0 Å². The quantitative estimate of drug-likeness (QED) is 0.119. The second-order valence-electron chi connectivity index (χ2n) is 12.2. The van der Waals surface area contributed by atoms with Gasteiger partial charge in [0, 0.05) is 17.1 Å². The van der Waals surface area contributed by atoms with Crippen LogP contribution in [0, 0.1) is 0 Å². The maximum atomic E-state index is 2.36. The molecule has 0 unspecified atom stereocenters. The first-order valence-electron chi connectivity index (χ1n) is 17.3. The highest BCUT2D eigenvalue weighted by Gasteiger charge is 2.16. The van der Waals surface area contributed by atoms with E-state index in [2.05, 4.69) is 195 Å². The van der Waals surface area contributed by atoms with Crippen LogP contribution >= 0.6 is 0 Å². The molecule has 0 spiro atoms. The van der Waals surface area contributed by atoms with Gasteiger partial charge in [0.05, 0.1) is 0 Å². The molecule has 0 bridgehead atoms. The van der Waals surface area contributed by atoms with Crippen molar-refractivity contribution in [1.29, 1.82) is 0 Å². The molecule has 0 atom stereocenters. The van der Waals surface area contributed by atoms with Crippen LogP contribution < -0.4 is 4.90 Å². The van der Waals surface area contributed by atoms with Crippen LogP contribution in [0.15, 0.2) is 181 Å². The van der Waals surface area contributed by atoms with Crippen LogP contribution in [-0.4, -0.2) is 0 Å². The van der Waals surface area contributed by atoms with E-state index >= 15 is 0 Å². The zero-order valence-corrected chi connectivity index (χ0v) is 28.2. The fourth-order valence-corrected chi connectivity index (χ4v) is 6.44. The van der Waals surface area contributed by atoms with Crippen LogP contribution in [-0.2, 0) is 6.42 Å². The molecule has 0 radical (unpaired) electrons. The third kappa shape index (κ3) is 8.11. The van der Waals surface area contributed by atoms with Gasteiger partial charge in [-0.05, 0) is 114 Å². The van der Waals surface area contributed by atoms with Crippen LogP contribution in [0.25, 0.3) is 17.7 Å². The molecule has 2 aliphatic rings. The van der Waals surface area contributed by atoms with E-state index in [4.69, 9.17) is 0 Å². The first kappa shape index (κ1) is 32.5. The zero-order valence-electron chi connectivity index (χ0n) is 28.2. The van der Waals surface area contributed by atoms with Gasteiger partial charge in [0.25, 0.3) is 0 Å². The fourth-order valence-electron chi connectivity index (χ4n) is 6.44. The molecule has 0 saturated heterocycles. The molecule has 4 aromatic carbocycles. The number of hydrogen-bond acceptors (Lipinski definition) is 1. The number of anilines is 1. The molecule has 1 heteroatoms. The summed E-state index contributed by atoms with van der Waals surface area (Å²) in [5.41, 5.74) is 13.9. The molecule has 1 nitrogen and oxygen atoms in total. The average Bonchev–Trinajstić information content (AvgIpc) is 3.43. The monoisotopic (exact) mass is 623 g/mol. The van der Waals surface area contributed by atoms with Gasteiger partial charge in [-0.2, -0.15) is 0 Å². The second kappa shape index (κ2) is 16.4. The van der Waals surface area contributed by atoms with Gasteiger partial charge in [-0.25, -0.2) is 0 Å². The molecule has 0 N–H and O–H groups in total. The lowest BCUT2D eigenvalue weighted by Crippen LogP contribution is -2.20. The van der Waals surface area contributed by atoms with Gasteiger partial charge >= 0.3 is 0 Å². The molecule has 0 fully saturated rings. The van der Waals surface area contributed by atoms with Gasteiger partial charge < -0.3 is 4.90 Å². The predicted octanol–water partition coefficient (Wildman–Crippen LogP) is 12.7. The largest absolute Gasteiger partial charge is 0.311 e. The van der Waals surface area contributed by atoms with Gasteiger partial charge in [-0.1, -0.05) is 153 Å². The smallest absolute Gasteiger partial charge is 0.0461 e. The lowest BCUT2D eigenvalue weighted by atomic mass is 9.87. The standard InChI is InChI=1S/C47H45N/c1-3-17-40(4-2)47(41-18-9-7-10-19-41)46-25-16-15-20-42(46)36-39-30-28-37(29-31-39)26-27-38-32-34-45(35-33-38)48(44-23-13-8-14-24-44)43-21-11-5-6-12-22-43/h3,5,7,9-13,15-35H,4,6,8,14,36H2,1-2H3/b17-3-,27-26+,47-40+. The highest BCUT2D eigenvalue weighted by molar-refractivity contribution is 5.85. The van der Waals surface area contributed by atoms with Gasteiger partial charge in [-0.3, -0.25) is 0 Å². The predicted molar refractivity (Wildman–Crippen MR) is 209 cm³/mol. The number of rotatable bonds is 11. The summed E-state index contributed by atoms with van der Waals surface area (Å²) in [7, 11) is 0. The minimum absolute atomic E-state index is 0.883. The van der Waals surface area contributed by atoms with Gasteiger partial charge in [0.2, 0.25) is 0 Å². The van der Waals surface area contributed by atoms with Crippen LogP contribution in [0.5, 0.6) is 0 Å². The second-order valence-corrected chi connectivity index (χ2v) is 12.2. The van der Waals surface area contributed by atoms with E-state index in [1.807, 2.05) is 0 Å². The van der Waals surface area contributed by atoms with E-state index in [0.717, 1.165) is 32.1 Å². The molecule has 0 aliphatic heterocycles. The van der Waals surface area contributed by atoms with Crippen molar-refractivity contribution >= 4 is 23.4 Å². The summed E-state index contributed by atoms with van der Waals surface area (Å²) in [5, 5.41) is 0. The Morgan fingerprint density at radius 3 is 2.12 bits per heavy atom. The Kier molecular flexibility index (Phi) is 11.1. The maximum absolute atomic E-state index is 2.36. The summed E-state index contributed by atoms with van der Waals surface area (Å²) in [5.74, 6) is 0. The van der Waals surface area contributed by atoms with E-state index in [9.17, 15) is 0 Å². The highest BCUT2D eigenvalue weighted by Crippen LogP contribution is 2.33. The summed E-state index contributed by atoms with van der Waals surface area (Å²) < 4.78 is 0. The van der Waals surface area contributed by atoms with Crippen molar-refractivity contribution in [1.82, 2.24) is 0 Å². The molecule has 238 valence electrons. The molecule has 0 heterocycles. The number of nitrogens with zero attached hydrogens (tertiary/aromatic N) is 1. The molecule has 4 aromatic rings. The van der Waals surface area contributed by atoms with Crippen molar-refractivity contribution in [2.24, 2.45) is 0 Å². The molecule has 0 saturated carbocycles. The lowest BCUT2D eigenvalue weighted by molar-refractivity contribution is 0.986. The van der Waals surface area contributed by atoms with Gasteiger partial charge in [-0.15, -0.1) is 0 Å². The summed E-state index contributed by atoms with van der Waals surface area (Å²) >= 11 is 0. The number of benzene rings is 4. The van der Waals surface area contributed by atoms with E-state index < -0.39 is 0 Å². The third-order valence-corrected chi connectivity index (χ3v) is 8.87. The van der Waals surface area contributed by atoms with Crippen molar-refractivity contribution in [3.8, 4) is 0 Å².